The molecular weight excluding hydrogens is 300 g/mol. The van der Waals surface area contributed by atoms with E-state index in [-0.39, 0.29) is 11.8 Å². The van der Waals surface area contributed by atoms with Crippen LogP contribution in [0.4, 0.5) is 11.8 Å². The molecule has 0 aliphatic heterocycles. The third-order valence-corrected chi connectivity index (χ3v) is 2.81. The fraction of sp³-hybridized carbons (Fsp3) is 0.0909. The molecule has 1 heterocycles. The number of rotatable bonds is 3. The van der Waals surface area contributed by atoms with Crippen LogP contribution in [0.25, 0.3) is 0 Å². The number of anilines is 2. The Balaban J connectivity index is 2.33. The van der Waals surface area contributed by atoms with Crippen LogP contribution >= 0.6 is 15.9 Å². The molecule has 18 heavy (non-hydrogen) atoms. The number of nitrogens with zero attached hydrogens (tertiary/aromatic N) is 2. The summed E-state index contributed by atoms with van der Waals surface area (Å²) < 4.78 is 11.5. The molecule has 94 valence electrons. The standard InChI is InChI=1S/C11H11BrN4O2/c1-17-6-2-3-7(12)8(4-6)18-9-5-15-11(14)16-10(9)13/h2-5H,1H3,(H4,13,14,15,16). The zero-order chi connectivity index (χ0) is 13.1. The predicted molar refractivity (Wildman–Crippen MR) is 71.6 cm³/mol. The van der Waals surface area contributed by atoms with Crippen molar-refractivity contribution >= 4 is 27.7 Å². The van der Waals surface area contributed by atoms with E-state index in [1.165, 1.54) is 6.20 Å². The smallest absolute Gasteiger partial charge is 0.222 e. The summed E-state index contributed by atoms with van der Waals surface area (Å²) in [5.74, 6) is 1.83. The molecule has 0 aliphatic carbocycles. The van der Waals surface area contributed by atoms with E-state index in [2.05, 4.69) is 25.9 Å². The van der Waals surface area contributed by atoms with E-state index in [1.807, 2.05) is 6.07 Å². The first-order valence-electron chi connectivity index (χ1n) is 4.99. The number of benzene rings is 1. The Kier molecular flexibility index (Phi) is 3.52. The molecule has 0 radical (unpaired) electrons. The second-order valence-corrected chi connectivity index (χ2v) is 4.23. The van der Waals surface area contributed by atoms with Crippen molar-refractivity contribution in [3.63, 3.8) is 0 Å². The summed E-state index contributed by atoms with van der Waals surface area (Å²) >= 11 is 3.37. The summed E-state index contributed by atoms with van der Waals surface area (Å²) in [7, 11) is 1.58. The largest absolute Gasteiger partial charge is 0.497 e. The topological polar surface area (TPSA) is 96.3 Å². The van der Waals surface area contributed by atoms with Crippen molar-refractivity contribution in [3.05, 3.63) is 28.9 Å². The normalized spacial score (nSPS) is 10.1. The Morgan fingerprint density at radius 3 is 2.67 bits per heavy atom. The van der Waals surface area contributed by atoms with Crippen molar-refractivity contribution in [3.8, 4) is 17.2 Å². The fourth-order valence-electron chi connectivity index (χ4n) is 1.28. The zero-order valence-corrected chi connectivity index (χ0v) is 11.1. The van der Waals surface area contributed by atoms with Gasteiger partial charge in [-0.2, -0.15) is 4.98 Å². The second kappa shape index (κ2) is 5.09. The fourth-order valence-corrected chi connectivity index (χ4v) is 1.61. The number of ether oxygens (including phenoxy) is 2. The first kappa shape index (κ1) is 12.4. The van der Waals surface area contributed by atoms with Gasteiger partial charge in [0.2, 0.25) is 5.95 Å². The molecule has 2 aromatic rings. The summed E-state index contributed by atoms with van der Waals surface area (Å²) in [6.07, 6.45) is 1.42. The number of nitrogen functional groups attached to an aromatic ring is 2. The molecule has 1 aromatic carbocycles. The summed E-state index contributed by atoms with van der Waals surface area (Å²) in [5, 5.41) is 0. The summed E-state index contributed by atoms with van der Waals surface area (Å²) in [6.45, 7) is 0. The Hall–Kier alpha value is -2.02. The van der Waals surface area contributed by atoms with Crippen molar-refractivity contribution in [1.29, 1.82) is 0 Å². The summed E-state index contributed by atoms with van der Waals surface area (Å²) in [4.78, 5) is 7.64. The van der Waals surface area contributed by atoms with Gasteiger partial charge in [0.05, 0.1) is 17.8 Å². The van der Waals surface area contributed by atoms with Gasteiger partial charge in [0, 0.05) is 6.07 Å². The van der Waals surface area contributed by atoms with Crippen molar-refractivity contribution in [2.24, 2.45) is 0 Å². The Morgan fingerprint density at radius 1 is 1.22 bits per heavy atom. The van der Waals surface area contributed by atoms with Crippen LogP contribution in [-0.4, -0.2) is 17.1 Å². The van der Waals surface area contributed by atoms with Gasteiger partial charge in [0.1, 0.15) is 11.5 Å². The van der Waals surface area contributed by atoms with Gasteiger partial charge in [0.25, 0.3) is 0 Å². The highest BCUT2D eigenvalue weighted by molar-refractivity contribution is 9.10. The van der Waals surface area contributed by atoms with Gasteiger partial charge in [-0.05, 0) is 28.1 Å². The maximum absolute atomic E-state index is 5.69. The van der Waals surface area contributed by atoms with Crippen molar-refractivity contribution in [1.82, 2.24) is 9.97 Å². The molecule has 0 aliphatic rings. The van der Waals surface area contributed by atoms with Gasteiger partial charge in [-0.1, -0.05) is 0 Å². The lowest BCUT2D eigenvalue weighted by molar-refractivity contribution is 0.408. The molecule has 0 saturated heterocycles. The van der Waals surface area contributed by atoms with Gasteiger partial charge >= 0.3 is 0 Å². The maximum Gasteiger partial charge on any atom is 0.222 e. The number of hydrogen-bond donors (Lipinski definition) is 2. The monoisotopic (exact) mass is 310 g/mol. The number of methoxy groups -OCH3 is 1. The molecule has 7 heteroatoms. The van der Waals surface area contributed by atoms with Crippen LogP contribution in [0.1, 0.15) is 0 Å². The van der Waals surface area contributed by atoms with E-state index in [0.29, 0.717) is 17.2 Å². The lowest BCUT2D eigenvalue weighted by Crippen LogP contribution is -2.01. The molecule has 0 amide bonds. The number of nitrogens with two attached hydrogens (primary N) is 2. The highest BCUT2D eigenvalue weighted by atomic mass is 79.9. The average molecular weight is 311 g/mol. The van der Waals surface area contributed by atoms with Gasteiger partial charge in [-0.25, -0.2) is 4.98 Å². The maximum atomic E-state index is 5.69. The minimum Gasteiger partial charge on any atom is -0.497 e. The summed E-state index contributed by atoms with van der Waals surface area (Å²) in [5.41, 5.74) is 11.1. The molecular formula is C11H11BrN4O2. The molecule has 0 atom stereocenters. The third kappa shape index (κ3) is 2.62. The zero-order valence-electron chi connectivity index (χ0n) is 9.55. The molecule has 1 aromatic heterocycles. The SMILES string of the molecule is COc1ccc(Br)c(Oc2cnc(N)nc2N)c1. The summed E-state index contributed by atoms with van der Waals surface area (Å²) in [6, 6.07) is 5.34. The molecule has 0 unspecified atom stereocenters. The number of halogens is 1. The molecule has 0 bridgehead atoms. The Labute approximate surface area is 112 Å². The van der Waals surface area contributed by atoms with Crippen molar-refractivity contribution in [2.45, 2.75) is 0 Å². The third-order valence-electron chi connectivity index (χ3n) is 2.16. The van der Waals surface area contributed by atoms with E-state index in [4.69, 9.17) is 20.9 Å². The van der Waals surface area contributed by atoms with Gasteiger partial charge in [-0.3, -0.25) is 0 Å². The minimum atomic E-state index is 0.101. The van der Waals surface area contributed by atoms with Crippen LogP contribution in [0.5, 0.6) is 17.2 Å². The first-order chi connectivity index (χ1) is 8.60. The Bertz CT molecular complexity index is 577. The lowest BCUT2D eigenvalue weighted by Gasteiger charge is -2.10. The van der Waals surface area contributed by atoms with E-state index < -0.39 is 0 Å². The Morgan fingerprint density at radius 2 is 2.00 bits per heavy atom. The van der Waals surface area contributed by atoms with Crippen LogP contribution < -0.4 is 20.9 Å². The van der Waals surface area contributed by atoms with E-state index in [0.717, 1.165) is 4.47 Å². The van der Waals surface area contributed by atoms with Crippen LogP contribution in [0.3, 0.4) is 0 Å². The van der Waals surface area contributed by atoms with Gasteiger partial charge in [-0.15, -0.1) is 0 Å². The highest BCUT2D eigenvalue weighted by Crippen LogP contribution is 2.34. The first-order valence-corrected chi connectivity index (χ1v) is 5.79. The molecule has 0 saturated carbocycles. The van der Waals surface area contributed by atoms with Gasteiger partial charge in [0.15, 0.2) is 11.6 Å². The van der Waals surface area contributed by atoms with Crippen LogP contribution in [-0.2, 0) is 0 Å². The predicted octanol–water partition coefficient (Wildman–Crippen LogP) is 2.20. The van der Waals surface area contributed by atoms with Crippen molar-refractivity contribution < 1.29 is 9.47 Å². The van der Waals surface area contributed by atoms with Crippen LogP contribution in [0, 0.1) is 0 Å². The molecule has 0 spiro atoms. The lowest BCUT2D eigenvalue weighted by atomic mass is 10.3. The van der Waals surface area contributed by atoms with E-state index >= 15 is 0 Å². The minimum absolute atomic E-state index is 0.101. The van der Waals surface area contributed by atoms with Gasteiger partial charge < -0.3 is 20.9 Å². The second-order valence-electron chi connectivity index (χ2n) is 3.38. The quantitative estimate of drug-likeness (QED) is 0.902. The van der Waals surface area contributed by atoms with Crippen LogP contribution in [0.15, 0.2) is 28.9 Å². The number of aromatic nitrogens is 2. The van der Waals surface area contributed by atoms with Crippen LogP contribution in [0.2, 0.25) is 0 Å². The molecule has 2 rings (SSSR count). The van der Waals surface area contributed by atoms with Crippen molar-refractivity contribution in [2.75, 3.05) is 18.6 Å². The molecule has 4 N–H and O–H groups in total. The highest BCUT2D eigenvalue weighted by Gasteiger charge is 2.09. The molecule has 0 fully saturated rings. The van der Waals surface area contributed by atoms with E-state index in [9.17, 15) is 0 Å². The molecule has 6 nitrogen and oxygen atoms in total. The number of hydrogen-bond acceptors (Lipinski definition) is 6. The average Bonchev–Trinajstić information content (AvgIpc) is 2.35. The van der Waals surface area contributed by atoms with E-state index in [1.54, 1.807) is 19.2 Å².